The lowest BCUT2D eigenvalue weighted by atomic mass is 9.62. The smallest absolute Gasteiger partial charge is 0.321 e. The fraction of sp³-hybridized carbons (Fsp3) is 0.259. The molecule has 35 heavy (non-hydrogen) atoms. The van der Waals surface area contributed by atoms with Crippen molar-refractivity contribution in [2.45, 2.75) is 25.8 Å². The van der Waals surface area contributed by atoms with Gasteiger partial charge in [-0.1, -0.05) is 35.9 Å². The highest BCUT2D eigenvalue weighted by molar-refractivity contribution is 6.33. The van der Waals surface area contributed by atoms with Crippen molar-refractivity contribution in [1.29, 1.82) is 0 Å². The fourth-order valence-electron chi connectivity index (χ4n) is 5.22. The second-order valence-corrected chi connectivity index (χ2v) is 9.56. The van der Waals surface area contributed by atoms with E-state index >= 15 is 0 Å². The molecule has 2 saturated heterocycles. The number of piperidine rings is 1. The molecule has 2 N–H and O–H groups in total. The predicted octanol–water partition coefficient (Wildman–Crippen LogP) is 5.90. The number of rotatable bonds is 3. The first kappa shape index (κ1) is 23.2. The lowest BCUT2D eigenvalue weighted by molar-refractivity contribution is -0.144. The molecule has 2 heterocycles. The van der Waals surface area contributed by atoms with Crippen LogP contribution in [0, 0.1) is 18.2 Å². The molecule has 3 aromatic rings. The highest BCUT2D eigenvalue weighted by Crippen LogP contribution is 2.57. The number of hydrogen-bond donors (Lipinski definition) is 2. The summed E-state index contributed by atoms with van der Waals surface area (Å²) in [4.78, 5) is 29.9. The summed E-state index contributed by atoms with van der Waals surface area (Å²) in [5, 5.41) is 13.2. The monoisotopic (exact) mass is 493 g/mol. The van der Waals surface area contributed by atoms with Gasteiger partial charge in [-0.15, -0.1) is 0 Å². The van der Waals surface area contributed by atoms with E-state index in [9.17, 15) is 19.1 Å². The number of para-hydroxylation sites is 1. The van der Waals surface area contributed by atoms with Crippen LogP contribution in [-0.2, 0) is 4.79 Å². The average molecular weight is 494 g/mol. The Morgan fingerprint density at radius 3 is 2.34 bits per heavy atom. The summed E-state index contributed by atoms with van der Waals surface area (Å²) in [6, 6.07) is 17.6. The van der Waals surface area contributed by atoms with Gasteiger partial charge in [-0.25, -0.2) is 9.18 Å². The van der Waals surface area contributed by atoms with Gasteiger partial charge in [0, 0.05) is 18.8 Å². The first-order valence-electron chi connectivity index (χ1n) is 11.5. The minimum Gasteiger partial charge on any atom is -0.508 e. The minimum absolute atomic E-state index is 0.0378. The van der Waals surface area contributed by atoms with Crippen molar-refractivity contribution in [3.63, 3.8) is 0 Å². The predicted molar refractivity (Wildman–Crippen MR) is 133 cm³/mol. The number of phenolic OH excluding ortho intramolecular Hbond substituents is 1. The van der Waals surface area contributed by atoms with Crippen LogP contribution in [0.15, 0.2) is 66.7 Å². The fourth-order valence-corrected chi connectivity index (χ4v) is 5.49. The number of likely N-dealkylation sites (tertiary alicyclic amines) is 1. The van der Waals surface area contributed by atoms with Crippen molar-refractivity contribution in [1.82, 2.24) is 4.90 Å². The molecule has 0 aliphatic carbocycles. The number of phenols is 1. The van der Waals surface area contributed by atoms with Crippen LogP contribution in [0.25, 0.3) is 0 Å². The first-order valence-corrected chi connectivity index (χ1v) is 11.9. The quantitative estimate of drug-likeness (QED) is 0.446. The summed E-state index contributed by atoms with van der Waals surface area (Å²) in [5.74, 6) is -0.266. The van der Waals surface area contributed by atoms with Crippen molar-refractivity contribution in [3.05, 3.63) is 88.7 Å². The zero-order valence-electron chi connectivity index (χ0n) is 19.2. The van der Waals surface area contributed by atoms with E-state index < -0.39 is 5.41 Å². The number of amides is 3. The Labute approximate surface area is 207 Å². The Hall–Kier alpha value is -3.58. The second-order valence-electron chi connectivity index (χ2n) is 9.15. The summed E-state index contributed by atoms with van der Waals surface area (Å²) in [6.07, 6.45) is 0.980. The summed E-state index contributed by atoms with van der Waals surface area (Å²) in [6.45, 7) is 2.70. The molecule has 1 atom stereocenters. The van der Waals surface area contributed by atoms with Crippen LogP contribution in [-0.4, -0.2) is 35.0 Å². The Bertz CT molecular complexity index is 1250. The Morgan fingerprint density at radius 2 is 1.71 bits per heavy atom. The summed E-state index contributed by atoms with van der Waals surface area (Å²) < 4.78 is 13.5. The number of aromatic hydroxyl groups is 1. The molecule has 3 amide bonds. The van der Waals surface area contributed by atoms with Gasteiger partial charge in [0.2, 0.25) is 5.91 Å². The number of hydrogen-bond acceptors (Lipinski definition) is 3. The van der Waals surface area contributed by atoms with Crippen LogP contribution in [0.1, 0.15) is 30.0 Å². The third-order valence-corrected chi connectivity index (χ3v) is 7.45. The van der Waals surface area contributed by atoms with E-state index in [0.717, 1.165) is 11.1 Å². The molecular formula is C27H25ClFN3O3. The summed E-state index contributed by atoms with van der Waals surface area (Å²) in [7, 11) is 0. The topological polar surface area (TPSA) is 72.9 Å². The second kappa shape index (κ2) is 8.89. The standard InChI is InChI=1S/C27H25ClFN3O3/c1-17-3-2-4-22(28)23(17)30-26(35)31-15-13-27(14-16-31)24(18-5-11-21(33)12-6-18)32(25(27)34)20-9-7-19(29)8-10-20/h2-12,24,33H,13-16H2,1H3,(H,30,35). The van der Waals surface area contributed by atoms with E-state index in [-0.39, 0.29) is 29.5 Å². The number of anilines is 2. The summed E-state index contributed by atoms with van der Waals surface area (Å²) in [5.41, 5.74) is 2.29. The molecular weight excluding hydrogens is 469 g/mol. The number of halogens is 2. The lowest BCUT2D eigenvalue weighted by Gasteiger charge is -2.59. The lowest BCUT2D eigenvalue weighted by Crippen LogP contribution is -2.67. The van der Waals surface area contributed by atoms with Crippen LogP contribution in [0.4, 0.5) is 20.6 Å². The zero-order chi connectivity index (χ0) is 24.7. The van der Waals surface area contributed by atoms with Gasteiger partial charge in [-0.05, 0) is 73.4 Å². The number of carbonyl (C=O) groups excluding carboxylic acids is 2. The SMILES string of the molecule is Cc1cccc(Cl)c1NC(=O)N1CCC2(CC1)C(=O)N(c1ccc(F)cc1)C2c1ccc(O)cc1. The maximum atomic E-state index is 13.6. The molecule has 180 valence electrons. The number of nitrogens with one attached hydrogen (secondary N) is 1. The van der Waals surface area contributed by atoms with Gasteiger partial charge in [-0.2, -0.15) is 0 Å². The van der Waals surface area contributed by atoms with Gasteiger partial charge in [0.25, 0.3) is 0 Å². The van der Waals surface area contributed by atoms with E-state index in [2.05, 4.69) is 5.32 Å². The summed E-state index contributed by atoms with van der Waals surface area (Å²) >= 11 is 6.27. The molecule has 8 heteroatoms. The van der Waals surface area contributed by atoms with E-state index in [1.807, 2.05) is 31.2 Å². The largest absolute Gasteiger partial charge is 0.508 e. The minimum atomic E-state index is -0.678. The van der Waals surface area contributed by atoms with Crippen LogP contribution in [0.3, 0.4) is 0 Å². The van der Waals surface area contributed by atoms with Crippen molar-refractivity contribution in [2.24, 2.45) is 5.41 Å². The van der Waals surface area contributed by atoms with Gasteiger partial charge >= 0.3 is 6.03 Å². The van der Waals surface area contributed by atoms with Gasteiger partial charge in [0.15, 0.2) is 0 Å². The van der Waals surface area contributed by atoms with E-state index in [1.54, 1.807) is 40.1 Å². The molecule has 0 bridgehead atoms. The molecule has 1 spiro atoms. The molecule has 2 aliphatic heterocycles. The van der Waals surface area contributed by atoms with Crippen LogP contribution < -0.4 is 10.2 Å². The van der Waals surface area contributed by atoms with Gasteiger partial charge in [-0.3, -0.25) is 4.79 Å². The number of benzene rings is 3. The molecule has 0 radical (unpaired) electrons. The van der Waals surface area contributed by atoms with E-state index in [1.165, 1.54) is 12.1 Å². The number of nitrogens with zero attached hydrogens (tertiary/aromatic N) is 2. The molecule has 0 saturated carbocycles. The Kier molecular flexibility index (Phi) is 5.89. The van der Waals surface area contributed by atoms with Crippen molar-refractivity contribution in [2.75, 3.05) is 23.3 Å². The number of aryl methyl sites for hydroxylation is 1. The maximum Gasteiger partial charge on any atom is 0.321 e. The van der Waals surface area contributed by atoms with Crippen LogP contribution >= 0.6 is 11.6 Å². The third-order valence-electron chi connectivity index (χ3n) is 7.14. The Morgan fingerprint density at radius 1 is 1.06 bits per heavy atom. The van der Waals surface area contributed by atoms with Crippen molar-refractivity contribution >= 4 is 34.9 Å². The third kappa shape index (κ3) is 4.00. The van der Waals surface area contributed by atoms with Crippen molar-refractivity contribution in [3.8, 4) is 5.75 Å². The average Bonchev–Trinajstić information content (AvgIpc) is 2.86. The molecule has 6 nitrogen and oxygen atoms in total. The Balaban J connectivity index is 1.38. The highest BCUT2D eigenvalue weighted by atomic mass is 35.5. The maximum absolute atomic E-state index is 13.6. The molecule has 3 aromatic carbocycles. The molecule has 2 aliphatic rings. The molecule has 2 fully saturated rings. The van der Waals surface area contributed by atoms with Crippen LogP contribution in [0.5, 0.6) is 5.75 Å². The van der Waals surface area contributed by atoms with Crippen LogP contribution in [0.2, 0.25) is 5.02 Å². The normalized spacial score (nSPS) is 18.9. The molecule has 0 aromatic heterocycles. The zero-order valence-corrected chi connectivity index (χ0v) is 19.9. The van der Waals surface area contributed by atoms with Gasteiger partial charge < -0.3 is 20.2 Å². The number of carbonyl (C=O) groups is 2. The van der Waals surface area contributed by atoms with E-state index in [0.29, 0.717) is 42.3 Å². The first-order chi connectivity index (χ1) is 16.8. The van der Waals surface area contributed by atoms with Gasteiger partial charge in [0.1, 0.15) is 11.6 Å². The van der Waals surface area contributed by atoms with E-state index in [4.69, 9.17) is 11.6 Å². The van der Waals surface area contributed by atoms with Gasteiger partial charge in [0.05, 0.1) is 22.2 Å². The number of β-lactam (4-membered cyclic amide) rings is 1. The number of urea groups is 1. The highest BCUT2D eigenvalue weighted by Gasteiger charge is 2.62. The van der Waals surface area contributed by atoms with Crippen molar-refractivity contribution < 1.29 is 19.1 Å². The molecule has 1 unspecified atom stereocenters. The molecule has 5 rings (SSSR count).